The highest BCUT2D eigenvalue weighted by molar-refractivity contribution is 5.90. The topological polar surface area (TPSA) is 55.1 Å². The van der Waals surface area contributed by atoms with Crippen LogP contribution in [0.1, 0.15) is 32.3 Å². The molecule has 0 aliphatic heterocycles. The average molecular weight is 248 g/mol. The Bertz CT molecular complexity index is 388. The Morgan fingerprint density at radius 3 is 2.67 bits per heavy atom. The van der Waals surface area contributed by atoms with Gasteiger partial charge < -0.3 is 11.1 Å². The first-order chi connectivity index (χ1) is 8.52. The second-order valence-corrected chi connectivity index (χ2v) is 5.20. The van der Waals surface area contributed by atoms with Crippen molar-refractivity contribution in [3.63, 3.8) is 0 Å². The molecule has 0 aromatic heterocycles. The number of rotatable bonds is 6. The van der Waals surface area contributed by atoms with Crippen LogP contribution in [-0.2, 0) is 4.79 Å². The number of nitrogens with one attached hydrogen (secondary N) is 1. The van der Waals surface area contributed by atoms with Crippen molar-refractivity contribution in [1.82, 2.24) is 0 Å². The van der Waals surface area contributed by atoms with E-state index in [1.807, 2.05) is 31.2 Å². The van der Waals surface area contributed by atoms with E-state index in [1.165, 1.54) is 0 Å². The zero-order chi connectivity index (χ0) is 13.5. The highest BCUT2D eigenvalue weighted by atomic mass is 16.1. The van der Waals surface area contributed by atoms with Crippen LogP contribution in [0.15, 0.2) is 24.3 Å². The Morgan fingerprint density at radius 2 is 2.11 bits per heavy atom. The average Bonchev–Trinajstić information content (AvgIpc) is 2.29. The van der Waals surface area contributed by atoms with E-state index >= 15 is 0 Å². The summed E-state index contributed by atoms with van der Waals surface area (Å²) in [5.41, 5.74) is 7.72. The predicted octanol–water partition coefficient (Wildman–Crippen LogP) is 2.94. The fraction of sp³-hybridized carbons (Fsp3) is 0.533. The number of anilines is 1. The second kappa shape index (κ2) is 7.17. The SMILES string of the molecule is Cc1cccc(NC(=O)CCC(CN)C(C)C)c1. The number of hydrogen-bond acceptors (Lipinski definition) is 2. The minimum absolute atomic E-state index is 0.0692. The summed E-state index contributed by atoms with van der Waals surface area (Å²) in [6, 6.07) is 7.84. The molecule has 100 valence electrons. The molecule has 0 fully saturated rings. The van der Waals surface area contributed by atoms with Crippen LogP contribution in [0.25, 0.3) is 0 Å². The number of carbonyl (C=O) groups excluding carboxylic acids is 1. The third-order valence-corrected chi connectivity index (χ3v) is 3.29. The van der Waals surface area contributed by atoms with Crippen molar-refractivity contribution >= 4 is 11.6 Å². The highest BCUT2D eigenvalue weighted by Crippen LogP contribution is 2.16. The Labute approximate surface area is 110 Å². The molecule has 1 rings (SSSR count). The fourth-order valence-electron chi connectivity index (χ4n) is 1.99. The lowest BCUT2D eigenvalue weighted by atomic mass is 9.91. The van der Waals surface area contributed by atoms with Crippen molar-refractivity contribution in [3.8, 4) is 0 Å². The summed E-state index contributed by atoms with van der Waals surface area (Å²) >= 11 is 0. The maximum atomic E-state index is 11.8. The van der Waals surface area contributed by atoms with Gasteiger partial charge >= 0.3 is 0 Å². The molecular weight excluding hydrogens is 224 g/mol. The van der Waals surface area contributed by atoms with E-state index in [9.17, 15) is 4.79 Å². The summed E-state index contributed by atoms with van der Waals surface area (Å²) in [4.78, 5) is 11.8. The minimum Gasteiger partial charge on any atom is -0.330 e. The first kappa shape index (κ1) is 14.7. The highest BCUT2D eigenvalue weighted by Gasteiger charge is 2.13. The van der Waals surface area contributed by atoms with Crippen molar-refractivity contribution in [2.45, 2.75) is 33.6 Å². The van der Waals surface area contributed by atoms with Crippen LogP contribution >= 0.6 is 0 Å². The second-order valence-electron chi connectivity index (χ2n) is 5.20. The molecule has 0 spiro atoms. The van der Waals surface area contributed by atoms with Crippen LogP contribution in [0.5, 0.6) is 0 Å². The molecular formula is C15H24N2O. The molecule has 1 aromatic carbocycles. The number of hydrogen-bond donors (Lipinski definition) is 2. The largest absolute Gasteiger partial charge is 0.330 e. The van der Waals surface area contributed by atoms with Gasteiger partial charge in [0.25, 0.3) is 0 Å². The van der Waals surface area contributed by atoms with Gasteiger partial charge in [0.05, 0.1) is 0 Å². The van der Waals surface area contributed by atoms with Crippen LogP contribution in [0.3, 0.4) is 0 Å². The first-order valence-electron chi connectivity index (χ1n) is 6.59. The van der Waals surface area contributed by atoms with Crippen molar-refractivity contribution < 1.29 is 4.79 Å². The van der Waals surface area contributed by atoms with E-state index in [2.05, 4.69) is 19.2 Å². The fourth-order valence-corrected chi connectivity index (χ4v) is 1.99. The van der Waals surface area contributed by atoms with Gasteiger partial charge in [0, 0.05) is 12.1 Å². The predicted molar refractivity (Wildman–Crippen MR) is 76.4 cm³/mol. The van der Waals surface area contributed by atoms with E-state index in [1.54, 1.807) is 0 Å². The third-order valence-electron chi connectivity index (χ3n) is 3.29. The van der Waals surface area contributed by atoms with Gasteiger partial charge in [-0.3, -0.25) is 4.79 Å². The van der Waals surface area contributed by atoms with Crippen molar-refractivity contribution in [1.29, 1.82) is 0 Å². The first-order valence-corrected chi connectivity index (χ1v) is 6.59. The van der Waals surface area contributed by atoms with Gasteiger partial charge in [-0.15, -0.1) is 0 Å². The monoisotopic (exact) mass is 248 g/mol. The molecule has 0 heterocycles. The molecule has 1 aromatic rings. The number of nitrogens with two attached hydrogens (primary N) is 1. The molecule has 0 radical (unpaired) electrons. The van der Waals surface area contributed by atoms with Crippen LogP contribution in [0.4, 0.5) is 5.69 Å². The molecule has 3 heteroatoms. The van der Waals surface area contributed by atoms with Gasteiger partial charge in [-0.25, -0.2) is 0 Å². The van der Waals surface area contributed by atoms with Gasteiger partial charge in [0.2, 0.25) is 5.91 Å². The smallest absolute Gasteiger partial charge is 0.224 e. The minimum atomic E-state index is 0.0692. The molecule has 3 N–H and O–H groups in total. The third kappa shape index (κ3) is 4.88. The molecule has 0 aliphatic rings. The maximum Gasteiger partial charge on any atom is 0.224 e. The molecule has 1 unspecified atom stereocenters. The summed E-state index contributed by atoms with van der Waals surface area (Å²) in [7, 11) is 0. The van der Waals surface area contributed by atoms with E-state index in [0.717, 1.165) is 17.7 Å². The Hall–Kier alpha value is -1.35. The molecule has 1 atom stereocenters. The number of amides is 1. The van der Waals surface area contributed by atoms with E-state index in [0.29, 0.717) is 24.8 Å². The van der Waals surface area contributed by atoms with Crippen LogP contribution in [0.2, 0.25) is 0 Å². The van der Waals surface area contributed by atoms with Crippen molar-refractivity contribution in [2.75, 3.05) is 11.9 Å². The number of aryl methyl sites for hydroxylation is 1. The quantitative estimate of drug-likeness (QED) is 0.813. The maximum absolute atomic E-state index is 11.8. The summed E-state index contributed by atoms with van der Waals surface area (Å²) in [5, 5.41) is 2.92. The van der Waals surface area contributed by atoms with Gasteiger partial charge in [-0.1, -0.05) is 26.0 Å². The lowest BCUT2D eigenvalue weighted by Crippen LogP contribution is -2.22. The molecule has 3 nitrogen and oxygen atoms in total. The normalized spacial score (nSPS) is 12.5. The molecule has 1 amide bonds. The van der Waals surface area contributed by atoms with Crippen LogP contribution in [0, 0.1) is 18.8 Å². The zero-order valence-electron chi connectivity index (χ0n) is 11.6. The lowest BCUT2D eigenvalue weighted by Gasteiger charge is -2.18. The zero-order valence-corrected chi connectivity index (χ0v) is 11.6. The Morgan fingerprint density at radius 1 is 1.39 bits per heavy atom. The van der Waals surface area contributed by atoms with Gasteiger partial charge in [0.1, 0.15) is 0 Å². The Kier molecular flexibility index (Phi) is 5.86. The van der Waals surface area contributed by atoms with Gasteiger partial charge in [-0.05, 0) is 49.4 Å². The van der Waals surface area contributed by atoms with E-state index < -0.39 is 0 Å². The number of benzene rings is 1. The summed E-state index contributed by atoms with van der Waals surface area (Å²) < 4.78 is 0. The van der Waals surface area contributed by atoms with Gasteiger partial charge in [0.15, 0.2) is 0 Å². The van der Waals surface area contributed by atoms with Crippen LogP contribution < -0.4 is 11.1 Å². The van der Waals surface area contributed by atoms with Gasteiger partial charge in [-0.2, -0.15) is 0 Å². The summed E-state index contributed by atoms with van der Waals surface area (Å²) in [6.07, 6.45) is 1.39. The molecule has 18 heavy (non-hydrogen) atoms. The van der Waals surface area contributed by atoms with E-state index in [4.69, 9.17) is 5.73 Å². The molecule has 0 saturated heterocycles. The summed E-state index contributed by atoms with van der Waals surface area (Å²) in [5.74, 6) is 1.02. The standard InChI is InChI=1S/C15H24N2O/c1-11(2)13(10-16)7-8-15(18)17-14-6-4-5-12(3)9-14/h4-6,9,11,13H,7-8,10,16H2,1-3H3,(H,17,18). The van der Waals surface area contributed by atoms with Crippen molar-refractivity contribution in [3.05, 3.63) is 29.8 Å². The molecule has 0 bridgehead atoms. The number of carbonyl (C=O) groups is 1. The molecule has 0 saturated carbocycles. The van der Waals surface area contributed by atoms with Crippen molar-refractivity contribution in [2.24, 2.45) is 17.6 Å². The Balaban J connectivity index is 2.42. The summed E-state index contributed by atoms with van der Waals surface area (Å²) in [6.45, 7) is 6.96. The lowest BCUT2D eigenvalue weighted by molar-refractivity contribution is -0.116. The van der Waals surface area contributed by atoms with Crippen LogP contribution in [-0.4, -0.2) is 12.5 Å². The van der Waals surface area contributed by atoms with E-state index in [-0.39, 0.29) is 5.91 Å². The molecule has 0 aliphatic carbocycles.